The SMILES string of the molecule is CC[C@H](C)[C@H](CO)N1C(=O)[C@@H]2[C@H]3C(=O)O[C@H](C)CNC(=O)CC/C=C\[C@H]3O[C@@]23C=CCN(c2ccccc2Cl)C(=O)[C@@H]13. The molecule has 1 aromatic rings. The molecule has 1 spiro atoms. The normalized spacial score (nSPS) is 33.8. The molecule has 2 fully saturated rings. The number of cyclic esters (lactones) is 1. The minimum atomic E-state index is -1.50. The van der Waals surface area contributed by atoms with Crippen molar-refractivity contribution < 1.29 is 33.8 Å². The third-order valence-corrected chi connectivity index (χ3v) is 9.28. The van der Waals surface area contributed by atoms with Gasteiger partial charge in [-0.2, -0.15) is 0 Å². The number of nitrogens with zero attached hydrogens (tertiary/aromatic N) is 2. The second kappa shape index (κ2) is 12.2. The Balaban J connectivity index is 1.65. The first kappa shape index (κ1) is 30.3. The average Bonchev–Trinajstić information content (AvgIpc) is 3.35. The summed E-state index contributed by atoms with van der Waals surface area (Å²) in [5.74, 6) is -3.91. The van der Waals surface area contributed by atoms with E-state index in [4.69, 9.17) is 21.1 Å². The fourth-order valence-corrected chi connectivity index (χ4v) is 6.90. The van der Waals surface area contributed by atoms with Crippen molar-refractivity contribution in [2.75, 3.05) is 24.6 Å². The maximum absolute atomic E-state index is 14.6. The number of carbonyl (C=O) groups excluding carboxylic acids is 4. The van der Waals surface area contributed by atoms with E-state index >= 15 is 0 Å². The lowest BCUT2D eigenvalue weighted by Gasteiger charge is -2.40. The standard InChI is InChI=1S/C31H38ClN3O7/c1-4-18(2)22(17-36)35-27-29(39)34(21-11-6-5-10-20(21)32)15-9-14-31(27)26(28(35)38)25-23(42-31)12-7-8-13-24(37)33-16-19(3)41-30(25)40/h5-7,9-12,14,18-19,22-23,25-27,36H,4,8,13,15-17H2,1-3H3,(H,33,37)/b12-7-/t18-,19+,22-,23+,25-,26-,27+,31-/m0/s1. The first-order chi connectivity index (χ1) is 20.1. The van der Waals surface area contributed by atoms with Crippen LogP contribution < -0.4 is 10.2 Å². The molecule has 0 aliphatic carbocycles. The van der Waals surface area contributed by atoms with Crippen molar-refractivity contribution >= 4 is 41.0 Å². The van der Waals surface area contributed by atoms with Crippen molar-refractivity contribution in [3.05, 3.63) is 53.6 Å². The summed E-state index contributed by atoms with van der Waals surface area (Å²) >= 11 is 6.52. The summed E-state index contributed by atoms with van der Waals surface area (Å²) in [6, 6.07) is 5.13. The Hall–Kier alpha value is -3.21. The van der Waals surface area contributed by atoms with Gasteiger partial charge in [0, 0.05) is 13.0 Å². The molecule has 0 aromatic heterocycles. The van der Waals surface area contributed by atoms with Gasteiger partial charge in [-0.15, -0.1) is 0 Å². The van der Waals surface area contributed by atoms with Crippen LogP contribution >= 0.6 is 11.6 Å². The van der Waals surface area contributed by atoms with E-state index in [2.05, 4.69) is 5.32 Å². The summed E-state index contributed by atoms with van der Waals surface area (Å²) < 4.78 is 12.4. The molecule has 0 radical (unpaired) electrons. The van der Waals surface area contributed by atoms with Crippen LogP contribution in [-0.2, 0) is 28.7 Å². The van der Waals surface area contributed by atoms with Gasteiger partial charge in [0.1, 0.15) is 23.7 Å². The summed E-state index contributed by atoms with van der Waals surface area (Å²) in [5, 5.41) is 13.7. The molecule has 4 aliphatic rings. The molecule has 2 N–H and O–H groups in total. The zero-order valence-corrected chi connectivity index (χ0v) is 24.8. The monoisotopic (exact) mass is 599 g/mol. The van der Waals surface area contributed by atoms with Crippen LogP contribution in [0.1, 0.15) is 40.0 Å². The molecule has 0 bridgehead atoms. The predicted molar refractivity (Wildman–Crippen MR) is 155 cm³/mol. The first-order valence-corrected chi connectivity index (χ1v) is 15.0. The highest BCUT2D eigenvalue weighted by molar-refractivity contribution is 6.34. The lowest BCUT2D eigenvalue weighted by Crippen LogP contribution is -2.59. The number of hydrogen-bond donors (Lipinski definition) is 2. The minimum Gasteiger partial charge on any atom is -0.460 e. The molecular formula is C31H38ClN3O7. The topological polar surface area (TPSA) is 125 Å². The van der Waals surface area contributed by atoms with Gasteiger partial charge >= 0.3 is 5.97 Å². The maximum atomic E-state index is 14.6. The molecule has 10 nitrogen and oxygen atoms in total. The number of ether oxygens (including phenoxy) is 2. The molecule has 42 heavy (non-hydrogen) atoms. The molecule has 4 heterocycles. The molecule has 3 amide bonds. The van der Waals surface area contributed by atoms with E-state index in [0.717, 1.165) is 0 Å². The fraction of sp³-hybridized carbons (Fsp3) is 0.548. The lowest BCUT2D eigenvalue weighted by atomic mass is 9.78. The Morgan fingerprint density at radius 1 is 1.17 bits per heavy atom. The number of benzene rings is 1. The number of allylic oxidation sites excluding steroid dienone is 1. The van der Waals surface area contributed by atoms with Gasteiger partial charge in [0.15, 0.2) is 0 Å². The minimum absolute atomic E-state index is 0.136. The van der Waals surface area contributed by atoms with E-state index in [1.807, 2.05) is 13.8 Å². The molecule has 1 aromatic carbocycles. The van der Waals surface area contributed by atoms with Crippen molar-refractivity contribution in [1.82, 2.24) is 10.2 Å². The number of para-hydroxylation sites is 1. The third kappa shape index (κ3) is 5.14. The van der Waals surface area contributed by atoms with Crippen LogP contribution in [0.4, 0.5) is 5.69 Å². The number of aliphatic hydroxyl groups excluding tert-OH is 1. The highest BCUT2D eigenvalue weighted by atomic mass is 35.5. The summed E-state index contributed by atoms with van der Waals surface area (Å²) in [6.07, 6.45) is 6.77. The van der Waals surface area contributed by atoms with E-state index in [1.165, 1.54) is 9.80 Å². The third-order valence-electron chi connectivity index (χ3n) is 8.96. The molecule has 8 atom stereocenters. The zero-order chi connectivity index (χ0) is 30.2. The number of rotatable bonds is 5. The van der Waals surface area contributed by atoms with E-state index in [-0.39, 0.29) is 37.9 Å². The van der Waals surface area contributed by atoms with Gasteiger partial charge in [0.05, 0.1) is 41.9 Å². The van der Waals surface area contributed by atoms with Crippen molar-refractivity contribution in [3.8, 4) is 0 Å². The summed E-state index contributed by atoms with van der Waals surface area (Å²) in [6.45, 7) is 5.50. The molecule has 11 heteroatoms. The van der Waals surface area contributed by atoms with Crippen LogP contribution in [0.5, 0.6) is 0 Å². The number of amides is 3. The number of fused-ring (bicyclic) bond motifs is 2. The van der Waals surface area contributed by atoms with Gasteiger partial charge in [-0.05, 0) is 31.4 Å². The Labute approximate surface area is 250 Å². The Morgan fingerprint density at radius 3 is 2.64 bits per heavy atom. The Bertz CT molecular complexity index is 1300. The number of aliphatic hydroxyl groups is 1. The predicted octanol–water partition coefficient (Wildman–Crippen LogP) is 2.63. The molecule has 0 unspecified atom stereocenters. The molecule has 2 saturated heterocycles. The Kier molecular flexibility index (Phi) is 8.78. The second-order valence-corrected chi connectivity index (χ2v) is 12.0. The number of carbonyl (C=O) groups is 4. The number of likely N-dealkylation sites (tertiary alicyclic amines) is 1. The summed E-state index contributed by atoms with van der Waals surface area (Å²) in [7, 11) is 0. The molecule has 0 saturated carbocycles. The number of hydrogen-bond acceptors (Lipinski definition) is 7. The van der Waals surface area contributed by atoms with Crippen LogP contribution in [0.3, 0.4) is 0 Å². The second-order valence-electron chi connectivity index (χ2n) is 11.5. The van der Waals surface area contributed by atoms with E-state index < -0.39 is 59.5 Å². The number of anilines is 1. The van der Waals surface area contributed by atoms with Gasteiger partial charge in [-0.25, -0.2) is 0 Å². The fourth-order valence-electron chi connectivity index (χ4n) is 6.66. The highest BCUT2D eigenvalue weighted by Gasteiger charge is 2.72. The van der Waals surface area contributed by atoms with Crippen LogP contribution in [0, 0.1) is 17.8 Å². The maximum Gasteiger partial charge on any atom is 0.313 e. The van der Waals surface area contributed by atoms with Crippen LogP contribution in [0.15, 0.2) is 48.6 Å². The number of esters is 1. The first-order valence-electron chi connectivity index (χ1n) is 14.6. The highest BCUT2D eigenvalue weighted by Crippen LogP contribution is 2.54. The van der Waals surface area contributed by atoms with Crippen molar-refractivity contribution in [3.63, 3.8) is 0 Å². The van der Waals surface area contributed by atoms with Gasteiger partial charge in [-0.3, -0.25) is 19.2 Å². The van der Waals surface area contributed by atoms with Crippen LogP contribution in [-0.4, -0.2) is 83.3 Å². The quantitative estimate of drug-likeness (QED) is 0.394. The number of halogens is 1. The van der Waals surface area contributed by atoms with Crippen molar-refractivity contribution in [1.29, 1.82) is 0 Å². The lowest BCUT2D eigenvalue weighted by molar-refractivity contribution is -0.159. The van der Waals surface area contributed by atoms with E-state index in [1.54, 1.807) is 55.5 Å². The van der Waals surface area contributed by atoms with Crippen molar-refractivity contribution in [2.45, 2.75) is 69.9 Å². The van der Waals surface area contributed by atoms with Gasteiger partial charge < -0.3 is 29.7 Å². The summed E-state index contributed by atoms with van der Waals surface area (Å²) in [5.41, 5.74) is -1.01. The van der Waals surface area contributed by atoms with E-state index in [0.29, 0.717) is 23.6 Å². The van der Waals surface area contributed by atoms with E-state index in [9.17, 15) is 24.3 Å². The van der Waals surface area contributed by atoms with Gasteiger partial charge in [-0.1, -0.05) is 68.3 Å². The average molecular weight is 600 g/mol. The van der Waals surface area contributed by atoms with Crippen LogP contribution in [0.25, 0.3) is 0 Å². The smallest absolute Gasteiger partial charge is 0.313 e. The van der Waals surface area contributed by atoms with Gasteiger partial charge in [0.25, 0.3) is 5.91 Å². The molecule has 4 aliphatic heterocycles. The zero-order valence-electron chi connectivity index (χ0n) is 24.1. The van der Waals surface area contributed by atoms with Crippen molar-refractivity contribution in [2.24, 2.45) is 17.8 Å². The molecular weight excluding hydrogens is 562 g/mol. The largest absolute Gasteiger partial charge is 0.460 e. The van der Waals surface area contributed by atoms with Crippen LogP contribution in [0.2, 0.25) is 5.02 Å². The molecule has 226 valence electrons. The Morgan fingerprint density at radius 2 is 1.93 bits per heavy atom. The summed E-state index contributed by atoms with van der Waals surface area (Å²) in [4.78, 5) is 58.1. The molecule has 5 rings (SSSR count). The van der Waals surface area contributed by atoms with Gasteiger partial charge in [0.2, 0.25) is 11.8 Å². The number of nitrogens with one attached hydrogen (secondary N) is 1.